The van der Waals surface area contributed by atoms with Gasteiger partial charge in [-0.25, -0.2) is 4.39 Å². The third-order valence-electron chi connectivity index (χ3n) is 3.63. The molecule has 0 spiro atoms. The number of carbonyl (C=O) groups excluding carboxylic acids is 1. The molecule has 1 amide bonds. The topological polar surface area (TPSA) is 66.6 Å². The summed E-state index contributed by atoms with van der Waals surface area (Å²) in [5.74, 6) is 4.52. The van der Waals surface area contributed by atoms with Crippen molar-refractivity contribution in [3.05, 3.63) is 35.1 Å². The van der Waals surface area contributed by atoms with Crippen LogP contribution in [0.25, 0.3) is 0 Å². The van der Waals surface area contributed by atoms with Crippen LogP contribution in [-0.4, -0.2) is 41.7 Å². The van der Waals surface area contributed by atoms with Gasteiger partial charge in [0.15, 0.2) is 0 Å². The highest BCUT2D eigenvalue weighted by atomic mass is 19.1. The van der Waals surface area contributed by atoms with Crippen LogP contribution < -0.4 is 5.73 Å². The predicted octanol–water partition coefficient (Wildman–Crippen LogP) is 1.12. The van der Waals surface area contributed by atoms with Crippen LogP contribution >= 0.6 is 0 Å². The van der Waals surface area contributed by atoms with E-state index in [0.717, 1.165) is 19.3 Å². The van der Waals surface area contributed by atoms with E-state index in [1.807, 2.05) is 0 Å². The fourth-order valence-corrected chi connectivity index (χ4v) is 2.53. The highest BCUT2D eigenvalue weighted by Crippen LogP contribution is 2.21. The molecular weight excluding hydrogens is 271 g/mol. The second kappa shape index (κ2) is 7.21. The monoisotopic (exact) mass is 290 g/mol. The summed E-state index contributed by atoms with van der Waals surface area (Å²) in [5.41, 5.74) is 5.86. The van der Waals surface area contributed by atoms with Gasteiger partial charge in [-0.3, -0.25) is 4.79 Å². The Morgan fingerprint density at radius 1 is 1.48 bits per heavy atom. The van der Waals surface area contributed by atoms with Gasteiger partial charge in [0.25, 0.3) is 5.91 Å². The second-order valence-electron chi connectivity index (χ2n) is 5.03. The van der Waals surface area contributed by atoms with Crippen LogP contribution in [0.15, 0.2) is 18.2 Å². The molecule has 5 heteroatoms. The van der Waals surface area contributed by atoms with Gasteiger partial charge in [-0.2, -0.15) is 0 Å². The molecule has 3 N–H and O–H groups in total. The minimum atomic E-state index is -0.569. The van der Waals surface area contributed by atoms with Crippen LogP contribution in [0.1, 0.15) is 35.2 Å². The first kappa shape index (κ1) is 15.5. The highest BCUT2D eigenvalue weighted by molar-refractivity contribution is 5.95. The molecule has 1 aromatic rings. The number of hydrogen-bond donors (Lipinski definition) is 2. The minimum absolute atomic E-state index is 0.000767. The van der Waals surface area contributed by atoms with E-state index in [9.17, 15) is 14.3 Å². The van der Waals surface area contributed by atoms with Crippen LogP contribution in [0, 0.1) is 17.7 Å². The lowest BCUT2D eigenvalue weighted by Crippen LogP contribution is -2.45. The molecule has 1 saturated heterocycles. The van der Waals surface area contributed by atoms with Crippen molar-refractivity contribution < 1.29 is 14.3 Å². The van der Waals surface area contributed by atoms with Gasteiger partial charge < -0.3 is 15.7 Å². The number of halogens is 1. The molecule has 0 aromatic heterocycles. The molecule has 1 aliphatic heterocycles. The molecule has 1 aliphatic rings. The van der Waals surface area contributed by atoms with E-state index in [1.54, 1.807) is 4.90 Å². The molecule has 1 atom stereocenters. The SMILES string of the molecule is NCC#Cc1ccc(F)c(C(=O)N2CCCCC2CO)c1. The zero-order chi connectivity index (χ0) is 15.2. The molecule has 2 rings (SSSR count). The van der Waals surface area contributed by atoms with Gasteiger partial charge in [-0.1, -0.05) is 11.8 Å². The van der Waals surface area contributed by atoms with Crippen molar-refractivity contribution in [2.45, 2.75) is 25.3 Å². The van der Waals surface area contributed by atoms with E-state index < -0.39 is 5.82 Å². The summed E-state index contributed by atoms with van der Waals surface area (Å²) < 4.78 is 13.9. The van der Waals surface area contributed by atoms with E-state index in [-0.39, 0.29) is 30.7 Å². The van der Waals surface area contributed by atoms with Crippen molar-refractivity contribution in [1.82, 2.24) is 4.90 Å². The summed E-state index contributed by atoms with van der Waals surface area (Å²) >= 11 is 0. The number of likely N-dealkylation sites (tertiary alicyclic amines) is 1. The second-order valence-corrected chi connectivity index (χ2v) is 5.03. The summed E-state index contributed by atoms with van der Waals surface area (Å²) in [6.45, 7) is 0.654. The first-order valence-electron chi connectivity index (χ1n) is 7.07. The standard InChI is InChI=1S/C16H19FN2O2/c17-15-7-6-12(4-3-8-18)10-14(15)16(21)19-9-2-1-5-13(19)11-20/h6-7,10,13,20H,1-2,5,8-9,11,18H2. The molecule has 4 nitrogen and oxygen atoms in total. The first-order chi connectivity index (χ1) is 10.2. The third kappa shape index (κ3) is 3.60. The van der Waals surface area contributed by atoms with E-state index in [2.05, 4.69) is 11.8 Å². The average molecular weight is 290 g/mol. The lowest BCUT2D eigenvalue weighted by molar-refractivity contribution is 0.0498. The fourth-order valence-electron chi connectivity index (χ4n) is 2.53. The predicted molar refractivity (Wildman–Crippen MR) is 78.1 cm³/mol. The van der Waals surface area contributed by atoms with E-state index in [1.165, 1.54) is 18.2 Å². The Labute approximate surface area is 123 Å². The number of rotatable bonds is 2. The van der Waals surface area contributed by atoms with E-state index >= 15 is 0 Å². The van der Waals surface area contributed by atoms with Gasteiger partial charge in [0.1, 0.15) is 5.82 Å². The number of hydrogen-bond acceptors (Lipinski definition) is 3. The number of amides is 1. The summed E-state index contributed by atoms with van der Waals surface area (Å²) in [6.07, 6.45) is 2.59. The number of benzene rings is 1. The van der Waals surface area contributed by atoms with Crippen LogP contribution in [0.5, 0.6) is 0 Å². The molecule has 0 saturated carbocycles. The van der Waals surface area contributed by atoms with Gasteiger partial charge >= 0.3 is 0 Å². The summed E-state index contributed by atoms with van der Waals surface area (Å²) in [5, 5.41) is 9.37. The molecule has 0 aliphatic carbocycles. The Morgan fingerprint density at radius 3 is 3.00 bits per heavy atom. The van der Waals surface area contributed by atoms with Gasteiger partial charge in [-0.05, 0) is 37.5 Å². The van der Waals surface area contributed by atoms with Gasteiger partial charge in [-0.15, -0.1) is 0 Å². The smallest absolute Gasteiger partial charge is 0.257 e. The Hall–Kier alpha value is -1.90. The van der Waals surface area contributed by atoms with Crippen molar-refractivity contribution in [1.29, 1.82) is 0 Å². The number of carbonyl (C=O) groups is 1. The van der Waals surface area contributed by atoms with Crippen molar-refractivity contribution in [2.75, 3.05) is 19.7 Å². The Bertz CT molecular complexity index is 577. The fraction of sp³-hybridized carbons (Fsp3) is 0.438. The van der Waals surface area contributed by atoms with Gasteiger partial charge in [0.05, 0.1) is 24.8 Å². The van der Waals surface area contributed by atoms with Crippen LogP contribution in [0.2, 0.25) is 0 Å². The van der Waals surface area contributed by atoms with Crippen molar-refractivity contribution in [3.63, 3.8) is 0 Å². The molecule has 112 valence electrons. The lowest BCUT2D eigenvalue weighted by Gasteiger charge is -2.34. The molecule has 1 unspecified atom stereocenters. The Kier molecular flexibility index (Phi) is 5.32. The first-order valence-corrected chi connectivity index (χ1v) is 7.07. The molecular formula is C16H19FN2O2. The zero-order valence-corrected chi connectivity index (χ0v) is 11.8. The summed E-state index contributed by atoms with van der Waals surface area (Å²) in [7, 11) is 0. The maximum absolute atomic E-state index is 13.9. The van der Waals surface area contributed by atoms with Crippen molar-refractivity contribution in [2.24, 2.45) is 5.73 Å². The Balaban J connectivity index is 2.29. The Morgan fingerprint density at radius 2 is 2.29 bits per heavy atom. The van der Waals surface area contributed by atoms with E-state index in [0.29, 0.717) is 12.1 Å². The number of nitrogens with two attached hydrogens (primary N) is 1. The van der Waals surface area contributed by atoms with Gasteiger partial charge in [0.2, 0.25) is 0 Å². The number of aliphatic hydroxyl groups excluding tert-OH is 1. The molecule has 1 fully saturated rings. The lowest BCUT2D eigenvalue weighted by atomic mass is 10.0. The van der Waals surface area contributed by atoms with Crippen LogP contribution in [0.4, 0.5) is 4.39 Å². The third-order valence-corrected chi connectivity index (χ3v) is 3.63. The number of piperidine rings is 1. The highest BCUT2D eigenvalue weighted by Gasteiger charge is 2.28. The number of aliphatic hydroxyl groups is 1. The molecule has 1 heterocycles. The quantitative estimate of drug-likeness (QED) is 0.802. The summed E-state index contributed by atoms with van der Waals surface area (Å²) in [6, 6.07) is 3.98. The molecule has 0 radical (unpaired) electrons. The van der Waals surface area contributed by atoms with Gasteiger partial charge in [0, 0.05) is 12.1 Å². The normalized spacial score (nSPS) is 18.0. The van der Waals surface area contributed by atoms with Crippen molar-refractivity contribution in [3.8, 4) is 11.8 Å². The molecule has 21 heavy (non-hydrogen) atoms. The zero-order valence-electron chi connectivity index (χ0n) is 11.8. The molecule has 0 bridgehead atoms. The molecule has 1 aromatic carbocycles. The largest absolute Gasteiger partial charge is 0.394 e. The van der Waals surface area contributed by atoms with Crippen LogP contribution in [-0.2, 0) is 0 Å². The average Bonchev–Trinajstić information content (AvgIpc) is 2.53. The maximum atomic E-state index is 13.9. The van der Waals surface area contributed by atoms with E-state index in [4.69, 9.17) is 5.73 Å². The maximum Gasteiger partial charge on any atom is 0.257 e. The van der Waals surface area contributed by atoms with Crippen molar-refractivity contribution >= 4 is 5.91 Å². The van der Waals surface area contributed by atoms with Crippen LogP contribution in [0.3, 0.4) is 0 Å². The summed E-state index contributed by atoms with van der Waals surface area (Å²) in [4.78, 5) is 14.1. The minimum Gasteiger partial charge on any atom is -0.394 e. The number of nitrogens with zero attached hydrogens (tertiary/aromatic N) is 1.